The van der Waals surface area contributed by atoms with Crippen LogP contribution in [0.2, 0.25) is 0 Å². The number of benzene rings is 2. The molecule has 3 aromatic rings. The first kappa shape index (κ1) is 25.0. The molecule has 0 aliphatic carbocycles. The summed E-state index contributed by atoms with van der Waals surface area (Å²) in [6.07, 6.45) is 5.23. The second-order valence-corrected chi connectivity index (χ2v) is 10.3. The van der Waals surface area contributed by atoms with E-state index in [0.29, 0.717) is 31.8 Å². The van der Waals surface area contributed by atoms with Crippen LogP contribution in [0.5, 0.6) is 5.75 Å². The van der Waals surface area contributed by atoms with Gasteiger partial charge in [-0.05, 0) is 62.1 Å². The SMILES string of the molecule is COc1cc(C2CN(C(C)=O)CC23CCCN([C@@H](C)c2ccc(F)cc2)C3=O)ccc1-n1cnc(C)c1. The number of rotatable bonds is 5. The number of carbonyl (C=O) groups is 2. The van der Waals surface area contributed by atoms with Crippen molar-refractivity contribution in [1.29, 1.82) is 0 Å². The fourth-order valence-electron chi connectivity index (χ4n) is 6.07. The normalized spacial score (nSPS) is 22.5. The van der Waals surface area contributed by atoms with Gasteiger partial charge in [0.25, 0.3) is 0 Å². The van der Waals surface area contributed by atoms with Gasteiger partial charge < -0.3 is 19.1 Å². The number of nitrogens with zero attached hydrogens (tertiary/aromatic N) is 4. The van der Waals surface area contributed by atoms with Gasteiger partial charge in [0, 0.05) is 38.7 Å². The lowest BCUT2D eigenvalue weighted by Crippen LogP contribution is -2.53. The highest BCUT2D eigenvalue weighted by atomic mass is 19.1. The van der Waals surface area contributed by atoms with Crippen LogP contribution in [0, 0.1) is 18.2 Å². The van der Waals surface area contributed by atoms with E-state index in [0.717, 1.165) is 28.9 Å². The molecule has 37 heavy (non-hydrogen) atoms. The third kappa shape index (κ3) is 4.38. The minimum atomic E-state index is -0.726. The second-order valence-electron chi connectivity index (χ2n) is 10.3. The molecule has 2 aromatic carbocycles. The Labute approximate surface area is 216 Å². The zero-order chi connectivity index (χ0) is 26.3. The molecule has 3 heterocycles. The third-order valence-electron chi connectivity index (χ3n) is 8.11. The monoisotopic (exact) mass is 504 g/mol. The van der Waals surface area contributed by atoms with Crippen LogP contribution in [0.15, 0.2) is 55.0 Å². The van der Waals surface area contributed by atoms with Gasteiger partial charge in [0.15, 0.2) is 0 Å². The minimum Gasteiger partial charge on any atom is -0.495 e. The van der Waals surface area contributed by atoms with Crippen LogP contribution in [-0.2, 0) is 9.59 Å². The number of likely N-dealkylation sites (tertiary alicyclic amines) is 2. The van der Waals surface area contributed by atoms with E-state index in [2.05, 4.69) is 4.98 Å². The van der Waals surface area contributed by atoms with E-state index in [1.54, 1.807) is 37.4 Å². The molecule has 2 fully saturated rings. The number of ether oxygens (including phenoxy) is 1. The highest BCUT2D eigenvalue weighted by Crippen LogP contribution is 2.51. The smallest absolute Gasteiger partial charge is 0.231 e. The van der Waals surface area contributed by atoms with E-state index < -0.39 is 5.41 Å². The molecule has 2 saturated heterocycles. The van der Waals surface area contributed by atoms with Gasteiger partial charge in [-0.2, -0.15) is 0 Å². The van der Waals surface area contributed by atoms with Gasteiger partial charge >= 0.3 is 0 Å². The summed E-state index contributed by atoms with van der Waals surface area (Å²) in [6.45, 7) is 6.99. The molecule has 5 rings (SSSR count). The Morgan fingerprint density at radius 2 is 1.97 bits per heavy atom. The summed E-state index contributed by atoms with van der Waals surface area (Å²) in [5.41, 5.74) is 2.92. The fraction of sp³-hybridized carbons (Fsp3) is 0.414. The van der Waals surface area contributed by atoms with Crippen LogP contribution in [-0.4, -0.2) is 57.9 Å². The molecule has 0 N–H and O–H groups in total. The van der Waals surface area contributed by atoms with E-state index in [-0.39, 0.29) is 29.6 Å². The molecule has 3 atom stereocenters. The molecule has 2 aliphatic rings. The maximum atomic E-state index is 14.3. The Hall–Kier alpha value is -3.68. The lowest BCUT2D eigenvalue weighted by Gasteiger charge is -2.45. The van der Waals surface area contributed by atoms with Crippen LogP contribution < -0.4 is 4.74 Å². The average Bonchev–Trinajstić information content (AvgIpc) is 3.50. The number of aromatic nitrogens is 2. The Kier molecular flexibility index (Phi) is 6.52. The summed E-state index contributed by atoms with van der Waals surface area (Å²) in [6, 6.07) is 12.2. The molecular weight excluding hydrogens is 471 g/mol. The first-order chi connectivity index (χ1) is 17.7. The van der Waals surface area contributed by atoms with E-state index in [1.807, 2.05) is 47.7 Å². The Bertz CT molecular complexity index is 1320. The van der Waals surface area contributed by atoms with Crippen LogP contribution in [0.4, 0.5) is 4.39 Å². The molecular formula is C29H33FN4O3. The Morgan fingerprint density at radius 1 is 1.22 bits per heavy atom. The van der Waals surface area contributed by atoms with Crippen molar-refractivity contribution in [3.8, 4) is 11.4 Å². The van der Waals surface area contributed by atoms with E-state index in [9.17, 15) is 14.0 Å². The van der Waals surface area contributed by atoms with Crippen molar-refractivity contribution in [2.24, 2.45) is 5.41 Å². The zero-order valence-electron chi connectivity index (χ0n) is 21.8. The average molecular weight is 505 g/mol. The van der Waals surface area contributed by atoms with Crippen molar-refractivity contribution < 1.29 is 18.7 Å². The minimum absolute atomic E-state index is 0.0316. The number of methoxy groups -OCH3 is 1. The van der Waals surface area contributed by atoms with Crippen molar-refractivity contribution in [3.63, 3.8) is 0 Å². The molecule has 1 spiro atoms. The first-order valence-corrected chi connectivity index (χ1v) is 12.7. The molecule has 7 nitrogen and oxygen atoms in total. The molecule has 0 saturated carbocycles. The summed E-state index contributed by atoms with van der Waals surface area (Å²) >= 11 is 0. The van der Waals surface area contributed by atoms with Crippen LogP contribution in [0.25, 0.3) is 5.69 Å². The molecule has 2 aliphatic heterocycles. The first-order valence-electron chi connectivity index (χ1n) is 12.7. The number of imidazole rings is 1. The molecule has 2 amide bonds. The third-order valence-corrected chi connectivity index (χ3v) is 8.11. The van der Waals surface area contributed by atoms with E-state index in [1.165, 1.54) is 12.1 Å². The second kappa shape index (κ2) is 9.65. The van der Waals surface area contributed by atoms with Gasteiger partial charge in [-0.25, -0.2) is 9.37 Å². The van der Waals surface area contributed by atoms with Gasteiger partial charge in [0.1, 0.15) is 11.6 Å². The number of hydrogen-bond donors (Lipinski definition) is 0. The summed E-state index contributed by atoms with van der Waals surface area (Å²) in [7, 11) is 1.64. The predicted octanol–water partition coefficient (Wildman–Crippen LogP) is 4.64. The molecule has 0 radical (unpaired) electrons. The standard InChI is InChI=1S/C29H33FN4O3/c1-19-15-33(18-31-19)26-11-8-23(14-27(26)37-4)25-16-32(21(3)35)17-29(25)12-5-13-34(28(29)36)20(2)22-6-9-24(30)10-7-22/h6-11,14-15,18,20,25H,5,12-13,16-17H2,1-4H3/t20-,25?,29?/m0/s1. The predicted molar refractivity (Wildman–Crippen MR) is 138 cm³/mol. The number of aryl methyl sites for hydroxylation is 1. The van der Waals surface area contributed by atoms with Crippen LogP contribution >= 0.6 is 0 Å². The van der Waals surface area contributed by atoms with Gasteiger partial charge in [-0.3, -0.25) is 9.59 Å². The van der Waals surface area contributed by atoms with Crippen molar-refractivity contribution in [2.45, 2.75) is 45.6 Å². The molecule has 2 unspecified atom stereocenters. The maximum absolute atomic E-state index is 14.3. The molecule has 0 bridgehead atoms. The molecule has 1 aromatic heterocycles. The van der Waals surface area contributed by atoms with Crippen molar-refractivity contribution >= 4 is 11.8 Å². The van der Waals surface area contributed by atoms with E-state index in [4.69, 9.17) is 4.74 Å². The quantitative estimate of drug-likeness (QED) is 0.508. The summed E-state index contributed by atoms with van der Waals surface area (Å²) < 4.78 is 21.2. The molecule has 8 heteroatoms. The van der Waals surface area contributed by atoms with Gasteiger partial charge in [0.2, 0.25) is 11.8 Å². The van der Waals surface area contributed by atoms with Gasteiger partial charge in [-0.15, -0.1) is 0 Å². The van der Waals surface area contributed by atoms with Crippen LogP contribution in [0.1, 0.15) is 55.5 Å². The van der Waals surface area contributed by atoms with Gasteiger partial charge in [-0.1, -0.05) is 18.2 Å². The number of halogens is 1. The van der Waals surface area contributed by atoms with Crippen LogP contribution in [0.3, 0.4) is 0 Å². The molecule has 194 valence electrons. The number of hydrogen-bond acceptors (Lipinski definition) is 4. The number of amides is 2. The van der Waals surface area contributed by atoms with Crippen molar-refractivity contribution in [3.05, 3.63) is 77.6 Å². The maximum Gasteiger partial charge on any atom is 0.231 e. The van der Waals surface area contributed by atoms with E-state index >= 15 is 0 Å². The highest BCUT2D eigenvalue weighted by Gasteiger charge is 2.56. The number of piperidine rings is 1. The van der Waals surface area contributed by atoms with Crippen molar-refractivity contribution in [1.82, 2.24) is 19.4 Å². The van der Waals surface area contributed by atoms with Gasteiger partial charge in [0.05, 0.1) is 36.3 Å². The fourth-order valence-corrected chi connectivity index (χ4v) is 6.07. The lowest BCUT2D eigenvalue weighted by atomic mass is 9.68. The zero-order valence-corrected chi connectivity index (χ0v) is 21.8. The summed E-state index contributed by atoms with van der Waals surface area (Å²) in [4.78, 5) is 34.9. The Morgan fingerprint density at radius 3 is 2.62 bits per heavy atom. The highest BCUT2D eigenvalue weighted by molar-refractivity contribution is 5.87. The van der Waals surface area contributed by atoms with Crippen molar-refractivity contribution in [2.75, 3.05) is 26.7 Å². The topological polar surface area (TPSA) is 67.7 Å². The number of carbonyl (C=O) groups excluding carboxylic acids is 2. The lowest BCUT2D eigenvalue weighted by molar-refractivity contribution is -0.149. The summed E-state index contributed by atoms with van der Waals surface area (Å²) in [5, 5.41) is 0. The largest absolute Gasteiger partial charge is 0.495 e. The Balaban J connectivity index is 1.53. The summed E-state index contributed by atoms with van der Waals surface area (Å²) in [5.74, 6) is 0.243.